The molecule has 5 N–H and O–H groups in total. The Hall–Kier alpha value is -4.03. The van der Waals surface area contributed by atoms with E-state index in [9.17, 15) is 27.9 Å². The third-order valence-electron chi connectivity index (χ3n) is 5.69. The van der Waals surface area contributed by atoms with E-state index in [4.69, 9.17) is 16.2 Å². The smallest absolute Gasteiger partial charge is 0.416 e. The molecule has 2 heterocycles. The van der Waals surface area contributed by atoms with Crippen molar-refractivity contribution in [3.05, 3.63) is 71.5 Å². The van der Waals surface area contributed by atoms with Gasteiger partial charge in [0.15, 0.2) is 5.82 Å². The van der Waals surface area contributed by atoms with Crippen LogP contribution in [0.4, 0.5) is 13.2 Å². The summed E-state index contributed by atoms with van der Waals surface area (Å²) >= 11 is 0. The Morgan fingerprint density at radius 2 is 1.64 bits per heavy atom. The predicted molar refractivity (Wildman–Crippen MR) is 122 cm³/mol. The van der Waals surface area contributed by atoms with E-state index in [1.54, 1.807) is 29.2 Å². The van der Waals surface area contributed by atoms with Crippen molar-refractivity contribution in [1.82, 2.24) is 14.9 Å². The van der Waals surface area contributed by atoms with Gasteiger partial charge in [0.2, 0.25) is 5.91 Å². The lowest BCUT2D eigenvalue weighted by Gasteiger charge is -2.23. The maximum Gasteiger partial charge on any atom is 0.416 e. The number of aliphatic hydroxyl groups excluding tert-OH is 1. The molecule has 0 aliphatic carbocycles. The van der Waals surface area contributed by atoms with Gasteiger partial charge >= 0.3 is 6.18 Å². The van der Waals surface area contributed by atoms with Crippen molar-refractivity contribution in [2.45, 2.75) is 31.3 Å². The maximum atomic E-state index is 12.7. The molecule has 0 spiro atoms. The Morgan fingerprint density at radius 3 is 2.19 bits per heavy atom. The zero-order chi connectivity index (χ0) is 26.0. The molecule has 2 atom stereocenters. The van der Waals surface area contributed by atoms with Crippen molar-refractivity contribution < 1.29 is 32.6 Å². The van der Waals surface area contributed by atoms with Crippen molar-refractivity contribution in [2.75, 3.05) is 6.54 Å². The molecule has 1 aromatic heterocycles. The van der Waals surface area contributed by atoms with Crippen molar-refractivity contribution in [1.29, 1.82) is 0 Å². The number of nitrogens with zero attached hydrogens (tertiary/aromatic N) is 3. The van der Waals surface area contributed by atoms with Crippen LogP contribution in [0.5, 0.6) is 11.5 Å². The molecule has 1 aliphatic rings. The SMILES string of the molecule is NC(=O)c1cc(CN2CC[C@@H](O)C2C(N)=O)nc(-c2ccc(Oc3ccc(C(F)(F)F)cc3)cc2)n1. The Bertz CT molecular complexity index is 1270. The number of halogens is 3. The summed E-state index contributed by atoms with van der Waals surface area (Å²) < 4.78 is 43.8. The van der Waals surface area contributed by atoms with E-state index in [-0.39, 0.29) is 23.8 Å². The average molecular weight is 501 g/mol. The van der Waals surface area contributed by atoms with Gasteiger partial charge in [-0.2, -0.15) is 13.2 Å². The molecular weight excluding hydrogens is 479 g/mol. The second kappa shape index (κ2) is 9.91. The first-order chi connectivity index (χ1) is 17.0. The highest BCUT2D eigenvalue weighted by molar-refractivity contribution is 5.91. The number of aromatic nitrogens is 2. The van der Waals surface area contributed by atoms with Crippen LogP contribution in [0.25, 0.3) is 11.4 Å². The molecule has 0 radical (unpaired) electrons. The van der Waals surface area contributed by atoms with E-state index in [0.29, 0.717) is 30.0 Å². The fraction of sp³-hybridized carbons (Fsp3) is 0.250. The Kier molecular flexibility index (Phi) is 6.91. The number of benzene rings is 2. The summed E-state index contributed by atoms with van der Waals surface area (Å²) in [5.41, 5.74) is 11.0. The number of nitrogens with two attached hydrogens (primary N) is 2. The summed E-state index contributed by atoms with van der Waals surface area (Å²) in [4.78, 5) is 34.0. The van der Waals surface area contributed by atoms with Crippen LogP contribution in [-0.4, -0.2) is 50.5 Å². The summed E-state index contributed by atoms with van der Waals surface area (Å²) in [5.74, 6) is -0.650. The van der Waals surface area contributed by atoms with E-state index in [0.717, 1.165) is 12.1 Å². The molecule has 0 saturated carbocycles. The number of likely N-dealkylation sites (tertiary alicyclic amines) is 1. The van der Waals surface area contributed by atoms with Gasteiger partial charge in [-0.25, -0.2) is 9.97 Å². The third-order valence-corrected chi connectivity index (χ3v) is 5.69. The molecule has 36 heavy (non-hydrogen) atoms. The van der Waals surface area contributed by atoms with Gasteiger partial charge in [0.1, 0.15) is 23.2 Å². The highest BCUT2D eigenvalue weighted by Gasteiger charge is 2.37. The van der Waals surface area contributed by atoms with Crippen LogP contribution < -0.4 is 16.2 Å². The van der Waals surface area contributed by atoms with Crippen molar-refractivity contribution in [2.24, 2.45) is 11.5 Å². The second-order valence-corrected chi connectivity index (χ2v) is 8.25. The van der Waals surface area contributed by atoms with Gasteiger partial charge in [-0.3, -0.25) is 14.5 Å². The number of aliphatic hydroxyl groups is 1. The number of rotatable bonds is 7. The molecule has 1 aliphatic heterocycles. The van der Waals surface area contributed by atoms with Crippen molar-refractivity contribution in [3.63, 3.8) is 0 Å². The zero-order valence-electron chi connectivity index (χ0n) is 18.8. The maximum absolute atomic E-state index is 12.7. The van der Waals surface area contributed by atoms with E-state index in [2.05, 4.69) is 9.97 Å². The Balaban J connectivity index is 1.55. The third kappa shape index (κ3) is 5.61. The van der Waals surface area contributed by atoms with Gasteiger partial charge < -0.3 is 21.3 Å². The number of alkyl halides is 3. The molecule has 0 bridgehead atoms. The van der Waals surface area contributed by atoms with Gasteiger partial charge in [0.25, 0.3) is 5.91 Å². The van der Waals surface area contributed by atoms with Crippen molar-refractivity contribution in [3.8, 4) is 22.9 Å². The largest absolute Gasteiger partial charge is 0.457 e. The number of hydrogen-bond acceptors (Lipinski definition) is 7. The Labute approximate surface area is 203 Å². The number of carbonyl (C=O) groups excluding carboxylic acids is 2. The molecule has 1 saturated heterocycles. The van der Waals surface area contributed by atoms with Crippen LogP contribution in [0.2, 0.25) is 0 Å². The zero-order valence-corrected chi connectivity index (χ0v) is 18.8. The fourth-order valence-electron chi connectivity index (χ4n) is 3.95. The highest BCUT2D eigenvalue weighted by atomic mass is 19.4. The minimum atomic E-state index is -4.44. The number of carbonyl (C=O) groups is 2. The molecular formula is C24H22F3N5O4. The standard InChI is InChI=1S/C24H22F3N5O4/c25-24(26,27)14-3-7-17(8-4-14)36-16-5-1-13(2-6-16)23-30-15(11-18(31-23)21(28)34)12-32-10-9-19(33)20(32)22(29)35/h1-8,11,19-20,33H,9-10,12H2,(H2,28,34)(H2,29,35)/t19-,20?/m1/s1. The van der Waals surface area contributed by atoms with Crippen LogP contribution >= 0.6 is 0 Å². The predicted octanol–water partition coefficient (Wildman–Crippen LogP) is 2.47. The van der Waals surface area contributed by atoms with E-state index in [1.807, 2.05) is 0 Å². The number of ether oxygens (including phenoxy) is 1. The van der Waals surface area contributed by atoms with Crippen LogP contribution in [-0.2, 0) is 17.5 Å². The number of amides is 2. The number of primary amides is 2. The molecule has 4 rings (SSSR count). The molecule has 1 unspecified atom stereocenters. The number of hydrogen-bond donors (Lipinski definition) is 3. The van der Waals surface area contributed by atoms with E-state index in [1.165, 1.54) is 18.2 Å². The quantitative estimate of drug-likeness (QED) is 0.451. The van der Waals surface area contributed by atoms with Gasteiger partial charge in [-0.05, 0) is 61.0 Å². The summed E-state index contributed by atoms with van der Waals surface area (Å²) in [6, 6.07) is 11.2. The Morgan fingerprint density at radius 1 is 1.03 bits per heavy atom. The first-order valence-electron chi connectivity index (χ1n) is 10.9. The highest BCUT2D eigenvalue weighted by Crippen LogP contribution is 2.32. The van der Waals surface area contributed by atoms with Gasteiger partial charge in [-0.1, -0.05) is 0 Å². The van der Waals surface area contributed by atoms with Crippen molar-refractivity contribution >= 4 is 11.8 Å². The summed E-state index contributed by atoms with van der Waals surface area (Å²) in [6.07, 6.45) is -4.96. The molecule has 188 valence electrons. The average Bonchev–Trinajstić information content (AvgIpc) is 3.19. The molecule has 9 nitrogen and oxygen atoms in total. The lowest BCUT2D eigenvalue weighted by Crippen LogP contribution is -2.45. The minimum Gasteiger partial charge on any atom is -0.457 e. The molecule has 12 heteroatoms. The molecule has 3 aromatic rings. The van der Waals surface area contributed by atoms with Crippen LogP contribution in [0.3, 0.4) is 0 Å². The topological polar surface area (TPSA) is 145 Å². The van der Waals surface area contributed by atoms with Crippen LogP contribution in [0.15, 0.2) is 54.6 Å². The first-order valence-corrected chi connectivity index (χ1v) is 10.9. The van der Waals surface area contributed by atoms with Crippen LogP contribution in [0.1, 0.15) is 28.2 Å². The minimum absolute atomic E-state index is 0.0320. The summed E-state index contributed by atoms with van der Waals surface area (Å²) in [5, 5.41) is 10.1. The van der Waals surface area contributed by atoms with Gasteiger partial charge in [-0.15, -0.1) is 0 Å². The fourth-order valence-corrected chi connectivity index (χ4v) is 3.95. The van der Waals surface area contributed by atoms with E-state index >= 15 is 0 Å². The van der Waals surface area contributed by atoms with Gasteiger partial charge in [0, 0.05) is 18.7 Å². The lowest BCUT2D eigenvalue weighted by molar-refractivity contribution is -0.137. The molecule has 1 fully saturated rings. The van der Waals surface area contributed by atoms with E-state index < -0.39 is 35.7 Å². The van der Waals surface area contributed by atoms with Crippen LogP contribution in [0, 0.1) is 0 Å². The molecule has 2 amide bonds. The second-order valence-electron chi connectivity index (χ2n) is 8.25. The monoisotopic (exact) mass is 501 g/mol. The lowest BCUT2D eigenvalue weighted by atomic mass is 10.1. The molecule has 2 aromatic carbocycles. The summed E-state index contributed by atoms with van der Waals surface area (Å²) in [6.45, 7) is 0.547. The summed E-state index contributed by atoms with van der Waals surface area (Å²) in [7, 11) is 0. The normalized spacial score (nSPS) is 18.2. The van der Waals surface area contributed by atoms with Gasteiger partial charge in [0.05, 0.1) is 17.4 Å². The first kappa shape index (κ1) is 25.1.